The Morgan fingerprint density at radius 2 is 2.14 bits per heavy atom. The minimum Gasteiger partial charge on any atom is -0.497 e. The van der Waals surface area contributed by atoms with Gasteiger partial charge in [-0.05, 0) is 49.9 Å². The van der Waals surface area contributed by atoms with Gasteiger partial charge in [-0.25, -0.2) is 0 Å². The zero-order chi connectivity index (χ0) is 15.2. The molecular weight excluding hydrogens is 264 g/mol. The monoisotopic (exact) mass is 290 g/mol. The average Bonchev–Trinajstić information content (AvgIpc) is 2.54. The molecule has 21 heavy (non-hydrogen) atoms. The number of piperidine rings is 1. The summed E-state index contributed by atoms with van der Waals surface area (Å²) in [6.45, 7) is 5.15. The van der Waals surface area contributed by atoms with Crippen LogP contribution in [0.2, 0.25) is 0 Å². The van der Waals surface area contributed by atoms with Gasteiger partial charge in [0, 0.05) is 0 Å². The molecule has 3 atom stereocenters. The highest BCUT2D eigenvalue weighted by Crippen LogP contribution is 2.21. The lowest BCUT2D eigenvalue weighted by atomic mass is 9.90. The topological polar surface area (TPSA) is 50.4 Å². The third-order valence-corrected chi connectivity index (χ3v) is 4.38. The van der Waals surface area contributed by atoms with E-state index >= 15 is 0 Å². The number of methoxy groups -OCH3 is 1. The van der Waals surface area contributed by atoms with E-state index in [1.807, 2.05) is 31.2 Å². The fourth-order valence-electron chi connectivity index (χ4n) is 2.86. The summed E-state index contributed by atoms with van der Waals surface area (Å²) in [5.41, 5.74) is 1.09. The summed E-state index contributed by atoms with van der Waals surface area (Å²) in [6.07, 6.45) is 3.27. The van der Waals surface area contributed by atoms with Gasteiger partial charge in [0.05, 0.1) is 19.2 Å². The van der Waals surface area contributed by atoms with Gasteiger partial charge in [0.1, 0.15) is 5.75 Å². The van der Waals surface area contributed by atoms with Crippen molar-refractivity contribution in [2.75, 3.05) is 13.7 Å². The number of hydrogen-bond acceptors (Lipinski definition) is 3. The van der Waals surface area contributed by atoms with Gasteiger partial charge < -0.3 is 15.4 Å². The molecule has 1 amide bonds. The van der Waals surface area contributed by atoms with Gasteiger partial charge in [-0.15, -0.1) is 0 Å². The number of nitrogens with one attached hydrogen (secondary N) is 2. The third kappa shape index (κ3) is 4.21. The molecule has 2 unspecified atom stereocenters. The Hall–Kier alpha value is -1.55. The smallest absolute Gasteiger partial charge is 0.237 e. The van der Waals surface area contributed by atoms with E-state index in [0.29, 0.717) is 5.92 Å². The van der Waals surface area contributed by atoms with Crippen molar-refractivity contribution in [2.24, 2.45) is 5.92 Å². The third-order valence-electron chi connectivity index (χ3n) is 4.38. The molecule has 4 heteroatoms. The molecule has 1 aromatic carbocycles. The van der Waals surface area contributed by atoms with Crippen molar-refractivity contribution in [3.8, 4) is 5.75 Å². The number of hydrogen-bond donors (Lipinski definition) is 2. The second-order valence-corrected chi connectivity index (χ2v) is 5.81. The Balaban J connectivity index is 1.91. The van der Waals surface area contributed by atoms with Crippen molar-refractivity contribution in [3.05, 3.63) is 29.8 Å². The van der Waals surface area contributed by atoms with Gasteiger partial charge >= 0.3 is 0 Å². The molecule has 0 saturated carbocycles. The first-order chi connectivity index (χ1) is 10.1. The van der Waals surface area contributed by atoms with Crippen molar-refractivity contribution in [1.29, 1.82) is 0 Å². The highest BCUT2D eigenvalue weighted by Gasteiger charge is 2.26. The predicted octanol–water partition coefficient (Wildman–Crippen LogP) is 2.65. The number of carbonyl (C=O) groups is 1. The van der Waals surface area contributed by atoms with Crippen LogP contribution in [0.4, 0.5) is 0 Å². The number of rotatable bonds is 5. The quantitative estimate of drug-likeness (QED) is 0.876. The minimum atomic E-state index is -0.0515. The van der Waals surface area contributed by atoms with Crippen LogP contribution in [-0.4, -0.2) is 25.6 Å². The molecule has 0 radical (unpaired) electrons. The second-order valence-electron chi connectivity index (χ2n) is 5.81. The normalized spacial score (nSPS) is 23.4. The van der Waals surface area contributed by atoms with E-state index in [4.69, 9.17) is 4.74 Å². The van der Waals surface area contributed by atoms with Gasteiger partial charge in [0.15, 0.2) is 0 Å². The van der Waals surface area contributed by atoms with Crippen LogP contribution in [0.3, 0.4) is 0 Å². The van der Waals surface area contributed by atoms with E-state index in [1.165, 1.54) is 6.42 Å². The van der Waals surface area contributed by atoms with Gasteiger partial charge in [-0.2, -0.15) is 0 Å². The largest absolute Gasteiger partial charge is 0.497 e. The molecule has 1 aromatic rings. The van der Waals surface area contributed by atoms with Crippen LogP contribution in [0, 0.1) is 5.92 Å². The van der Waals surface area contributed by atoms with Gasteiger partial charge in [-0.1, -0.05) is 25.5 Å². The lowest BCUT2D eigenvalue weighted by Gasteiger charge is -2.29. The predicted molar refractivity (Wildman–Crippen MR) is 84.4 cm³/mol. The average molecular weight is 290 g/mol. The molecule has 0 bridgehead atoms. The van der Waals surface area contributed by atoms with E-state index in [-0.39, 0.29) is 18.0 Å². The molecule has 1 aliphatic heterocycles. The summed E-state index contributed by atoms with van der Waals surface area (Å²) in [5, 5.41) is 6.43. The van der Waals surface area contributed by atoms with Crippen LogP contribution in [-0.2, 0) is 4.79 Å². The van der Waals surface area contributed by atoms with E-state index < -0.39 is 0 Å². The Morgan fingerprint density at radius 1 is 1.43 bits per heavy atom. The molecule has 1 fully saturated rings. The van der Waals surface area contributed by atoms with Crippen molar-refractivity contribution < 1.29 is 9.53 Å². The van der Waals surface area contributed by atoms with E-state index in [2.05, 4.69) is 17.6 Å². The van der Waals surface area contributed by atoms with Crippen LogP contribution in [0.1, 0.15) is 44.7 Å². The highest BCUT2D eigenvalue weighted by molar-refractivity contribution is 5.82. The first-order valence-electron chi connectivity index (χ1n) is 7.81. The lowest BCUT2D eigenvalue weighted by Crippen LogP contribution is -2.49. The Kier molecular flexibility index (Phi) is 5.62. The maximum atomic E-state index is 12.4. The van der Waals surface area contributed by atoms with Crippen LogP contribution in [0.25, 0.3) is 0 Å². The summed E-state index contributed by atoms with van der Waals surface area (Å²) in [7, 11) is 1.65. The van der Waals surface area contributed by atoms with Crippen molar-refractivity contribution in [2.45, 2.75) is 45.2 Å². The molecule has 1 aliphatic rings. The van der Waals surface area contributed by atoms with Gasteiger partial charge in [-0.3, -0.25) is 4.79 Å². The molecule has 1 heterocycles. The highest BCUT2D eigenvalue weighted by atomic mass is 16.5. The van der Waals surface area contributed by atoms with Gasteiger partial charge in [0.2, 0.25) is 5.91 Å². The maximum absolute atomic E-state index is 12.4. The molecular formula is C17H26N2O2. The Morgan fingerprint density at radius 3 is 2.76 bits per heavy atom. The SMILES string of the molecule is CCC1CCNC(C(=O)N[C@H](C)c2ccc(OC)cc2)C1. The summed E-state index contributed by atoms with van der Waals surface area (Å²) in [5.74, 6) is 1.60. The Labute approximate surface area is 127 Å². The van der Waals surface area contributed by atoms with Crippen molar-refractivity contribution in [3.63, 3.8) is 0 Å². The first-order valence-corrected chi connectivity index (χ1v) is 7.81. The number of carbonyl (C=O) groups excluding carboxylic acids is 1. The van der Waals surface area contributed by atoms with Crippen LogP contribution in [0.5, 0.6) is 5.75 Å². The number of ether oxygens (including phenoxy) is 1. The first kappa shape index (κ1) is 15.8. The summed E-state index contributed by atoms with van der Waals surface area (Å²) < 4.78 is 5.15. The summed E-state index contributed by atoms with van der Waals surface area (Å²) in [4.78, 5) is 12.4. The van der Waals surface area contributed by atoms with E-state index in [0.717, 1.165) is 30.7 Å². The van der Waals surface area contributed by atoms with E-state index in [9.17, 15) is 4.79 Å². The van der Waals surface area contributed by atoms with Crippen LogP contribution >= 0.6 is 0 Å². The zero-order valence-corrected chi connectivity index (χ0v) is 13.2. The van der Waals surface area contributed by atoms with E-state index in [1.54, 1.807) is 7.11 Å². The fraction of sp³-hybridized carbons (Fsp3) is 0.588. The maximum Gasteiger partial charge on any atom is 0.237 e. The molecule has 0 aliphatic carbocycles. The van der Waals surface area contributed by atoms with Crippen LogP contribution in [0.15, 0.2) is 24.3 Å². The molecule has 4 nitrogen and oxygen atoms in total. The van der Waals surface area contributed by atoms with Crippen LogP contribution < -0.4 is 15.4 Å². The molecule has 2 rings (SSSR count). The molecule has 1 saturated heterocycles. The standard InChI is InChI=1S/C17H26N2O2/c1-4-13-9-10-18-16(11-13)17(20)19-12(2)14-5-7-15(21-3)8-6-14/h5-8,12-13,16,18H,4,9-11H2,1-3H3,(H,19,20)/t12-,13?,16?/m1/s1. The van der Waals surface area contributed by atoms with Gasteiger partial charge in [0.25, 0.3) is 0 Å². The summed E-state index contributed by atoms with van der Waals surface area (Å²) >= 11 is 0. The lowest BCUT2D eigenvalue weighted by molar-refractivity contribution is -0.124. The summed E-state index contributed by atoms with van der Waals surface area (Å²) in [6, 6.07) is 7.78. The molecule has 0 spiro atoms. The number of amides is 1. The number of benzene rings is 1. The zero-order valence-electron chi connectivity index (χ0n) is 13.2. The molecule has 116 valence electrons. The molecule has 0 aromatic heterocycles. The Bertz CT molecular complexity index is 458. The van der Waals surface area contributed by atoms with Crippen molar-refractivity contribution in [1.82, 2.24) is 10.6 Å². The fourth-order valence-corrected chi connectivity index (χ4v) is 2.86. The minimum absolute atomic E-state index is 0.00668. The second kappa shape index (κ2) is 7.46. The molecule has 2 N–H and O–H groups in total. The van der Waals surface area contributed by atoms with Crippen molar-refractivity contribution >= 4 is 5.91 Å².